The second kappa shape index (κ2) is 2.58. The van der Waals surface area contributed by atoms with Gasteiger partial charge >= 0.3 is 0 Å². The number of rotatable bonds is 2. The molecule has 0 unspecified atom stereocenters. The van der Waals surface area contributed by atoms with Gasteiger partial charge in [0.15, 0.2) is 0 Å². The van der Waals surface area contributed by atoms with Crippen LogP contribution in [0.3, 0.4) is 0 Å². The summed E-state index contributed by atoms with van der Waals surface area (Å²) in [6.07, 6.45) is 0.558. The molecule has 0 bridgehead atoms. The van der Waals surface area contributed by atoms with Gasteiger partial charge in [-0.1, -0.05) is 6.92 Å². The van der Waals surface area contributed by atoms with Crippen LogP contribution in [0.25, 0.3) is 0 Å². The summed E-state index contributed by atoms with van der Waals surface area (Å²) in [7, 11) is 0. The van der Waals surface area contributed by atoms with Gasteiger partial charge in [0, 0.05) is 0 Å². The highest BCUT2D eigenvalue weighted by atomic mass is 16.1. The van der Waals surface area contributed by atoms with Gasteiger partial charge in [-0.2, -0.15) is 0 Å². The summed E-state index contributed by atoms with van der Waals surface area (Å²) in [5, 5.41) is 0. The molecule has 0 heterocycles. The van der Waals surface area contributed by atoms with E-state index >= 15 is 0 Å². The summed E-state index contributed by atoms with van der Waals surface area (Å²) in [6.45, 7) is 1.77. The van der Waals surface area contributed by atoms with Crippen molar-refractivity contribution in [2.24, 2.45) is 5.73 Å². The number of carbonyl (C=O) groups excluding carboxylic acids is 1. The number of hydrogen-bond donors (Lipinski definition) is 1. The fraction of sp³-hybridized carbons (Fsp3) is 0.750. The average Bonchev–Trinajstić information content (AvgIpc) is 1.65. The summed E-state index contributed by atoms with van der Waals surface area (Å²) in [5.41, 5.74) is 11.5. The van der Waals surface area contributed by atoms with Gasteiger partial charge in [-0.05, 0) is 6.42 Å². The average molecular weight is 101 g/mol. The lowest BCUT2D eigenvalue weighted by molar-refractivity contribution is -0.119. The zero-order chi connectivity index (χ0) is 5.86. The Morgan fingerprint density at radius 1 is 2.00 bits per heavy atom. The third-order valence-electron chi connectivity index (χ3n) is 0.777. The summed E-state index contributed by atoms with van der Waals surface area (Å²) in [6, 6.07) is -0.569. The van der Waals surface area contributed by atoms with Crippen molar-refractivity contribution in [3.63, 3.8) is 0 Å². The van der Waals surface area contributed by atoms with E-state index in [9.17, 15) is 4.79 Å². The largest absolute Gasteiger partial charge is 0.320 e. The van der Waals surface area contributed by atoms with E-state index in [-0.39, 0.29) is 0 Å². The molecule has 0 fully saturated rings. The molecule has 1 atom stereocenters. The van der Waals surface area contributed by atoms with E-state index in [1.54, 1.807) is 6.92 Å². The Bertz CT molecular complexity index is 72.1. The topological polar surface area (TPSA) is 66.9 Å². The molecular formula is C4H9N2O. The van der Waals surface area contributed by atoms with Crippen molar-refractivity contribution in [1.82, 2.24) is 5.73 Å². The highest BCUT2D eigenvalue weighted by Gasteiger charge is 2.03. The summed E-state index contributed by atoms with van der Waals surface area (Å²) >= 11 is 0. The molecule has 3 nitrogen and oxygen atoms in total. The highest BCUT2D eigenvalue weighted by molar-refractivity contribution is 5.78. The van der Waals surface area contributed by atoms with Gasteiger partial charge in [0.25, 0.3) is 5.91 Å². The SMILES string of the molecule is CC[C@H](N)C([NH])=O. The summed E-state index contributed by atoms with van der Waals surface area (Å²) in [4.78, 5) is 9.92. The molecule has 0 spiro atoms. The van der Waals surface area contributed by atoms with Crippen LogP contribution >= 0.6 is 0 Å². The van der Waals surface area contributed by atoms with Gasteiger partial charge in [-0.3, -0.25) is 10.5 Å². The molecule has 0 rings (SSSR count). The van der Waals surface area contributed by atoms with Gasteiger partial charge < -0.3 is 5.73 Å². The van der Waals surface area contributed by atoms with Crippen LogP contribution < -0.4 is 11.5 Å². The lowest BCUT2D eigenvalue weighted by Crippen LogP contribution is -2.29. The van der Waals surface area contributed by atoms with E-state index in [2.05, 4.69) is 0 Å². The third-order valence-corrected chi connectivity index (χ3v) is 0.777. The molecule has 0 saturated carbocycles. The smallest absolute Gasteiger partial charge is 0.255 e. The molecule has 0 aromatic carbocycles. The Balaban J connectivity index is 3.34. The van der Waals surface area contributed by atoms with Gasteiger partial charge in [0.1, 0.15) is 0 Å². The Kier molecular flexibility index (Phi) is 2.37. The predicted molar refractivity (Wildman–Crippen MR) is 26.4 cm³/mol. The molecule has 1 radical (unpaired) electrons. The maximum atomic E-state index is 9.92. The molecular weight excluding hydrogens is 92.1 g/mol. The van der Waals surface area contributed by atoms with E-state index in [1.165, 1.54) is 0 Å². The van der Waals surface area contributed by atoms with Crippen LogP contribution in [0.4, 0.5) is 0 Å². The molecule has 7 heavy (non-hydrogen) atoms. The second-order valence-electron chi connectivity index (χ2n) is 1.38. The van der Waals surface area contributed by atoms with E-state index in [0.717, 1.165) is 0 Å². The quantitative estimate of drug-likeness (QED) is 0.511. The van der Waals surface area contributed by atoms with E-state index in [1.807, 2.05) is 0 Å². The van der Waals surface area contributed by atoms with Crippen LogP contribution in [-0.4, -0.2) is 11.9 Å². The Morgan fingerprint density at radius 3 is 2.43 bits per heavy atom. The van der Waals surface area contributed by atoms with Crippen LogP contribution in [-0.2, 0) is 4.79 Å². The third kappa shape index (κ3) is 2.17. The lowest BCUT2D eigenvalue weighted by atomic mass is 10.2. The maximum absolute atomic E-state index is 9.92. The first-order chi connectivity index (χ1) is 3.18. The van der Waals surface area contributed by atoms with Crippen LogP contribution in [0, 0.1) is 0 Å². The zero-order valence-electron chi connectivity index (χ0n) is 4.27. The van der Waals surface area contributed by atoms with Crippen molar-refractivity contribution >= 4 is 5.91 Å². The Labute approximate surface area is 42.7 Å². The van der Waals surface area contributed by atoms with E-state index < -0.39 is 11.9 Å². The fourth-order valence-electron chi connectivity index (χ4n) is 0.185. The molecule has 3 heteroatoms. The van der Waals surface area contributed by atoms with Gasteiger partial charge in [-0.15, -0.1) is 0 Å². The lowest BCUT2D eigenvalue weighted by Gasteiger charge is -1.97. The van der Waals surface area contributed by atoms with Crippen LogP contribution in [0.15, 0.2) is 0 Å². The second-order valence-corrected chi connectivity index (χ2v) is 1.38. The first kappa shape index (κ1) is 6.43. The normalized spacial score (nSPS) is 13.4. The van der Waals surface area contributed by atoms with Crippen molar-refractivity contribution in [2.45, 2.75) is 19.4 Å². The van der Waals surface area contributed by atoms with E-state index in [0.29, 0.717) is 6.42 Å². The molecule has 41 valence electrons. The number of nitrogens with two attached hydrogens (primary N) is 1. The number of nitrogens with one attached hydrogen (secondary N) is 1. The molecule has 0 aliphatic rings. The van der Waals surface area contributed by atoms with Crippen LogP contribution in [0.1, 0.15) is 13.3 Å². The predicted octanol–water partition coefficient (Wildman–Crippen LogP) is -0.467. The molecule has 0 aliphatic carbocycles. The standard InChI is InChI=1S/C4H9N2O/c1-2-3(5)4(6)7/h3,6H,2,5H2,1H3/t3-/m0/s1. The van der Waals surface area contributed by atoms with Crippen molar-refractivity contribution in [2.75, 3.05) is 0 Å². The molecule has 0 aromatic heterocycles. The zero-order valence-corrected chi connectivity index (χ0v) is 4.27. The van der Waals surface area contributed by atoms with Gasteiger partial charge in [-0.25, -0.2) is 0 Å². The summed E-state index contributed by atoms with van der Waals surface area (Å²) in [5.74, 6) is -0.678. The Hall–Kier alpha value is -0.570. The van der Waals surface area contributed by atoms with Crippen molar-refractivity contribution < 1.29 is 4.79 Å². The molecule has 0 saturated heterocycles. The molecule has 3 N–H and O–H groups in total. The van der Waals surface area contributed by atoms with Crippen LogP contribution in [0.5, 0.6) is 0 Å². The van der Waals surface area contributed by atoms with Crippen molar-refractivity contribution in [3.05, 3.63) is 0 Å². The van der Waals surface area contributed by atoms with Gasteiger partial charge in [0.05, 0.1) is 6.04 Å². The minimum atomic E-state index is -0.678. The van der Waals surface area contributed by atoms with Gasteiger partial charge in [0.2, 0.25) is 0 Å². The summed E-state index contributed by atoms with van der Waals surface area (Å²) < 4.78 is 0. The minimum absolute atomic E-state index is 0.558. The minimum Gasteiger partial charge on any atom is -0.320 e. The molecule has 0 aliphatic heterocycles. The maximum Gasteiger partial charge on any atom is 0.255 e. The first-order valence-corrected chi connectivity index (χ1v) is 2.19. The number of amides is 1. The molecule has 0 aromatic rings. The van der Waals surface area contributed by atoms with Crippen molar-refractivity contribution in [1.29, 1.82) is 0 Å². The molecule has 1 amide bonds. The van der Waals surface area contributed by atoms with E-state index in [4.69, 9.17) is 11.5 Å². The Morgan fingerprint density at radius 2 is 2.43 bits per heavy atom. The first-order valence-electron chi connectivity index (χ1n) is 2.19. The monoisotopic (exact) mass is 101 g/mol. The number of carbonyl (C=O) groups is 1. The van der Waals surface area contributed by atoms with Crippen LogP contribution in [0.2, 0.25) is 0 Å². The highest BCUT2D eigenvalue weighted by Crippen LogP contribution is 1.81. The number of hydrogen-bond acceptors (Lipinski definition) is 2. The fourth-order valence-corrected chi connectivity index (χ4v) is 0.185. The van der Waals surface area contributed by atoms with Crippen molar-refractivity contribution in [3.8, 4) is 0 Å².